The van der Waals surface area contributed by atoms with Gasteiger partial charge in [0.1, 0.15) is 11.5 Å². The van der Waals surface area contributed by atoms with Gasteiger partial charge in [-0.2, -0.15) is 0 Å². The van der Waals surface area contributed by atoms with Crippen LogP contribution in [0, 0.1) is 0 Å². The minimum Gasteiger partial charge on any atom is -0.523 e. The summed E-state index contributed by atoms with van der Waals surface area (Å²) in [6, 6.07) is 7.66. The van der Waals surface area contributed by atoms with E-state index < -0.39 is 0 Å². The van der Waals surface area contributed by atoms with Crippen LogP contribution >= 0.6 is 0 Å². The Labute approximate surface area is 96.1 Å². The van der Waals surface area contributed by atoms with Crippen molar-refractivity contribution in [3.63, 3.8) is 0 Å². The van der Waals surface area contributed by atoms with Crippen LogP contribution in [0.1, 0.15) is 0 Å². The molecule has 2 aliphatic rings. The standard InChI is InChI=1S/C7H7BO2.C3H7BO2/c1-8-9-6-4-2-3-5-7(6)10-8;1-4-5-2-3-6-4/h2-5H,1H3;2-3H2,1H3. The summed E-state index contributed by atoms with van der Waals surface area (Å²) < 4.78 is 20.4. The third kappa shape index (κ3) is 2.93. The van der Waals surface area contributed by atoms with Gasteiger partial charge in [-0.3, -0.25) is 0 Å². The Balaban J connectivity index is 0.000000138. The molecule has 1 saturated heterocycles. The molecule has 0 unspecified atom stereocenters. The molecule has 0 spiro atoms. The Morgan fingerprint density at radius 1 is 0.875 bits per heavy atom. The molecule has 0 aliphatic carbocycles. The molecule has 0 atom stereocenters. The van der Waals surface area contributed by atoms with Crippen LogP contribution in [0.15, 0.2) is 24.3 Å². The molecule has 4 nitrogen and oxygen atoms in total. The molecular formula is C10H14B2O4. The minimum atomic E-state index is -0.127. The van der Waals surface area contributed by atoms with Crippen LogP contribution in [0.4, 0.5) is 0 Å². The Hall–Kier alpha value is -1.13. The van der Waals surface area contributed by atoms with Crippen LogP contribution in [-0.4, -0.2) is 27.5 Å². The van der Waals surface area contributed by atoms with Gasteiger partial charge in [-0.1, -0.05) is 12.1 Å². The van der Waals surface area contributed by atoms with Crippen molar-refractivity contribution in [2.45, 2.75) is 13.6 Å². The molecule has 2 aliphatic heterocycles. The average molecular weight is 220 g/mol. The molecule has 0 radical (unpaired) electrons. The molecule has 0 aromatic heterocycles. The summed E-state index contributed by atoms with van der Waals surface area (Å²) in [7, 11) is -0.0811. The minimum absolute atomic E-state index is 0.0463. The zero-order valence-corrected chi connectivity index (χ0v) is 9.51. The molecule has 3 rings (SSSR count). The highest BCUT2D eigenvalue weighted by molar-refractivity contribution is 6.45. The van der Waals surface area contributed by atoms with Crippen molar-refractivity contribution in [1.29, 1.82) is 0 Å². The van der Waals surface area contributed by atoms with Gasteiger partial charge in [0.25, 0.3) is 0 Å². The number of fused-ring (bicyclic) bond motifs is 1. The highest BCUT2D eigenvalue weighted by atomic mass is 16.6. The van der Waals surface area contributed by atoms with Gasteiger partial charge in [0.15, 0.2) is 0 Å². The normalized spacial score (nSPS) is 17.1. The maximum absolute atomic E-state index is 5.28. The monoisotopic (exact) mass is 220 g/mol. The highest BCUT2D eigenvalue weighted by Gasteiger charge is 2.24. The van der Waals surface area contributed by atoms with Crippen molar-refractivity contribution in [2.75, 3.05) is 13.2 Å². The van der Waals surface area contributed by atoms with E-state index in [1.54, 1.807) is 0 Å². The lowest BCUT2D eigenvalue weighted by Gasteiger charge is -1.93. The first-order valence-electron chi connectivity index (χ1n) is 5.41. The predicted molar refractivity (Wildman–Crippen MR) is 62.8 cm³/mol. The molecule has 1 aromatic carbocycles. The largest absolute Gasteiger partial charge is 0.591 e. The lowest BCUT2D eigenvalue weighted by Crippen LogP contribution is -2.18. The molecule has 0 saturated carbocycles. The third-order valence-corrected chi connectivity index (χ3v) is 2.22. The fourth-order valence-electron chi connectivity index (χ4n) is 1.50. The molecule has 1 fully saturated rings. The molecule has 16 heavy (non-hydrogen) atoms. The second-order valence-electron chi connectivity index (χ2n) is 3.56. The van der Waals surface area contributed by atoms with Crippen molar-refractivity contribution in [3.8, 4) is 11.5 Å². The number of hydrogen-bond donors (Lipinski definition) is 0. The lowest BCUT2D eigenvalue weighted by atomic mass is 9.97. The zero-order chi connectivity index (χ0) is 11.4. The molecule has 6 heteroatoms. The maximum atomic E-state index is 5.28. The molecule has 2 heterocycles. The van der Waals surface area contributed by atoms with Gasteiger partial charge in [0.05, 0.1) is 13.2 Å². The molecule has 1 aromatic rings. The van der Waals surface area contributed by atoms with Gasteiger partial charge in [-0.15, -0.1) is 0 Å². The van der Waals surface area contributed by atoms with E-state index in [2.05, 4.69) is 0 Å². The van der Waals surface area contributed by atoms with Crippen molar-refractivity contribution in [3.05, 3.63) is 24.3 Å². The van der Waals surface area contributed by atoms with E-state index in [1.165, 1.54) is 0 Å². The summed E-state index contributed by atoms with van der Waals surface area (Å²) in [6.07, 6.45) is 0. The number of hydrogen-bond acceptors (Lipinski definition) is 4. The quantitative estimate of drug-likeness (QED) is 0.623. The first-order chi connectivity index (χ1) is 7.75. The van der Waals surface area contributed by atoms with E-state index in [9.17, 15) is 0 Å². The van der Waals surface area contributed by atoms with Crippen LogP contribution in [0.3, 0.4) is 0 Å². The van der Waals surface area contributed by atoms with Gasteiger partial charge in [0, 0.05) is 0 Å². The zero-order valence-electron chi connectivity index (χ0n) is 9.51. The molecule has 0 N–H and O–H groups in total. The fourth-order valence-corrected chi connectivity index (χ4v) is 1.50. The third-order valence-electron chi connectivity index (χ3n) is 2.22. The predicted octanol–water partition coefficient (Wildman–Crippen LogP) is 1.73. The topological polar surface area (TPSA) is 36.9 Å². The maximum Gasteiger partial charge on any atom is 0.591 e. The summed E-state index contributed by atoms with van der Waals surface area (Å²) in [6.45, 7) is 5.30. The molecular weight excluding hydrogens is 206 g/mol. The Bertz CT molecular complexity index is 316. The highest BCUT2D eigenvalue weighted by Crippen LogP contribution is 2.32. The average Bonchev–Trinajstić information content (AvgIpc) is 2.86. The van der Waals surface area contributed by atoms with Gasteiger partial charge < -0.3 is 18.6 Å². The Morgan fingerprint density at radius 3 is 1.75 bits per heavy atom. The molecule has 84 valence electrons. The Morgan fingerprint density at radius 2 is 1.38 bits per heavy atom. The summed E-state index contributed by atoms with van der Waals surface area (Å²) in [5.74, 6) is 1.69. The van der Waals surface area contributed by atoms with E-state index in [0.29, 0.717) is 0 Å². The van der Waals surface area contributed by atoms with E-state index in [4.69, 9.17) is 18.6 Å². The van der Waals surface area contributed by atoms with E-state index in [1.807, 2.05) is 37.9 Å². The number of benzene rings is 1. The van der Waals surface area contributed by atoms with E-state index in [0.717, 1.165) is 24.7 Å². The second-order valence-corrected chi connectivity index (χ2v) is 3.56. The summed E-state index contributed by atoms with van der Waals surface area (Å²) in [5.41, 5.74) is 0. The van der Waals surface area contributed by atoms with Crippen LogP contribution in [0.5, 0.6) is 11.5 Å². The summed E-state index contributed by atoms with van der Waals surface area (Å²) in [4.78, 5) is 0. The smallest absolute Gasteiger partial charge is 0.523 e. The van der Waals surface area contributed by atoms with Crippen LogP contribution in [-0.2, 0) is 9.31 Å². The molecule has 0 amide bonds. The molecule has 0 bridgehead atoms. The first-order valence-corrected chi connectivity index (χ1v) is 5.41. The van der Waals surface area contributed by atoms with Crippen LogP contribution in [0.2, 0.25) is 13.6 Å². The summed E-state index contributed by atoms with van der Waals surface area (Å²) >= 11 is 0. The lowest BCUT2D eigenvalue weighted by molar-refractivity contribution is 0.365. The van der Waals surface area contributed by atoms with Crippen LogP contribution in [0.25, 0.3) is 0 Å². The fraction of sp³-hybridized carbons (Fsp3) is 0.400. The van der Waals surface area contributed by atoms with Crippen molar-refractivity contribution < 1.29 is 18.6 Å². The van der Waals surface area contributed by atoms with Gasteiger partial charge in [0.2, 0.25) is 0 Å². The van der Waals surface area contributed by atoms with Crippen molar-refractivity contribution in [1.82, 2.24) is 0 Å². The van der Waals surface area contributed by atoms with Crippen LogP contribution < -0.4 is 9.31 Å². The van der Waals surface area contributed by atoms with Gasteiger partial charge in [-0.25, -0.2) is 0 Å². The van der Waals surface area contributed by atoms with E-state index in [-0.39, 0.29) is 14.2 Å². The summed E-state index contributed by atoms with van der Waals surface area (Å²) in [5, 5.41) is 0. The number of para-hydroxylation sites is 2. The number of rotatable bonds is 0. The van der Waals surface area contributed by atoms with Gasteiger partial charge in [-0.05, 0) is 25.8 Å². The first kappa shape index (κ1) is 11.4. The van der Waals surface area contributed by atoms with Crippen molar-refractivity contribution in [2.24, 2.45) is 0 Å². The van der Waals surface area contributed by atoms with E-state index >= 15 is 0 Å². The second kappa shape index (κ2) is 5.27. The SMILES string of the molecule is CB1OCCO1.CB1Oc2ccccc2O1. The van der Waals surface area contributed by atoms with Gasteiger partial charge >= 0.3 is 14.2 Å². The van der Waals surface area contributed by atoms with Crippen molar-refractivity contribution >= 4 is 14.2 Å². The Kier molecular flexibility index (Phi) is 3.74.